The molecule has 1 atom stereocenters. The lowest BCUT2D eigenvalue weighted by molar-refractivity contribution is -0.140. The quantitative estimate of drug-likeness (QED) is 0.331. The minimum absolute atomic E-state index is 0.0764. The van der Waals surface area contributed by atoms with Gasteiger partial charge >= 0.3 is 0 Å². The molecule has 0 aliphatic rings. The molecule has 0 bridgehead atoms. The smallest absolute Gasteiger partial charge is 0.264 e. The maximum Gasteiger partial charge on any atom is 0.264 e. The van der Waals surface area contributed by atoms with Crippen molar-refractivity contribution in [1.29, 1.82) is 0 Å². The van der Waals surface area contributed by atoms with Gasteiger partial charge in [-0.25, -0.2) is 8.42 Å². The number of halogens is 1. The van der Waals surface area contributed by atoms with Crippen LogP contribution in [0.3, 0.4) is 0 Å². The van der Waals surface area contributed by atoms with Crippen LogP contribution in [0.1, 0.15) is 43.9 Å². The first kappa shape index (κ1) is 30.2. The Hall–Kier alpha value is -3.36. The van der Waals surface area contributed by atoms with Crippen LogP contribution in [0.2, 0.25) is 5.02 Å². The van der Waals surface area contributed by atoms with Crippen LogP contribution in [-0.4, -0.2) is 43.8 Å². The van der Waals surface area contributed by atoms with E-state index in [-0.39, 0.29) is 23.4 Å². The summed E-state index contributed by atoms with van der Waals surface area (Å²) in [5, 5.41) is 3.45. The highest BCUT2D eigenvalue weighted by atomic mass is 35.5. The van der Waals surface area contributed by atoms with Crippen molar-refractivity contribution in [3.63, 3.8) is 0 Å². The van der Waals surface area contributed by atoms with Crippen LogP contribution in [0.25, 0.3) is 0 Å². The molecule has 3 rings (SSSR count). The van der Waals surface area contributed by atoms with Gasteiger partial charge in [-0.2, -0.15) is 0 Å². The number of aryl methyl sites for hydroxylation is 2. The molecule has 2 amide bonds. The molecule has 0 saturated carbocycles. The van der Waals surface area contributed by atoms with Crippen molar-refractivity contribution in [3.05, 3.63) is 94.5 Å². The summed E-state index contributed by atoms with van der Waals surface area (Å²) >= 11 is 6.06. The number of carbonyl (C=O) groups is 2. The SMILES string of the molecule is CCC(C(=O)NC(C)C)N(Cc1ccc(Cl)cc1)C(=O)CN(c1cc(C)ccc1C)S(=O)(=O)c1ccccc1. The first-order chi connectivity index (χ1) is 18.4. The molecule has 0 heterocycles. The van der Waals surface area contributed by atoms with Gasteiger partial charge in [0.05, 0.1) is 10.6 Å². The normalized spacial score (nSPS) is 12.2. The Labute approximate surface area is 236 Å². The maximum atomic E-state index is 14.1. The number of rotatable bonds is 11. The van der Waals surface area contributed by atoms with Gasteiger partial charge in [0.1, 0.15) is 12.6 Å². The van der Waals surface area contributed by atoms with Crippen molar-refractivity contribution in [2.45, 2.75) is 64.6 Å². The molecular formula is C30H36ClN3O4S. The fourth-order valence-electron chi connectivity index (χ4n) is 4.31. The monoisotopic (exact) mass is 569 g/mol. The van der Waals surface area contributed by atoms with E-state index in [0.29, 0.717) is 22.7 Å². The first-order valence-corrected chi connectivity index (χ1v) is 14.7. The van der Waals surface area contributed by atoms with Crippen LogP contribution >= 0.6 is 11.6 Å². The number of benzene rings is 3. The van der Waals surface area contributed by atoms with Gasteiger partial charge in [0.15, 0.2) is 0 Å². The molecule has 7 nitrogen and oxygen atoms in total. The number of nitrogens with zero attached hydrogens (tertiary/aromatic N) is 2. The number of carbonyl (C=O) groups excluding carboxylic acids is 2. The summed E-state index contributed by atoms with van der Waals surface area (Å²) in [5.41, 5.74) is 2.75. The Kier molecular flexibility index (Phi) is 10.2. The number of hydrogen-bond donors (Lipinski definition) is 1. The Bertz CT molecular complexity index is 1390. The highest BCUT2D eigenvalue weighted by Crippen LogP contribution is 2.28. The third-order valence-corrected chi connectivity index (χ3v) is 8.35. The summed E-state index contributed by atoms with van der Waals surface area (Å²) in [5.74, 6) is -0.782. The van der Waals surface area contributed by atoms with Gasteiger partial charge in [-0.3, -0.25) is 13.9 Å². The van der Waals surface area contributed by atoms with Gasteiger partial charge in [0.2, 0.25) is 11.8 Å². The molecule has 208 valence electrons. The Morgan fingerprint density at radius 2 is 1.59 bits per heavy atom. The van der Waals surface area contributed by atoms with E-state index < -0.39 is 28.5 Å². The van der Waals surface area contributed by atoms with Gasteiger partial charge in [-0.05, 0) is 81.1 Å². The molecule has 0 aromatic heterocycles. The van der Waals surface area contributed by atoms with Gasteiger partial charge in [0.25, 0.3) is 10.0 Å². The van der Waals surface area contributed by atoms with Gasteiger partial charge < -0.3 is 10.2 Å². The Morgan fingerprint density at radius 1 is 0.949 bits per heavy atom. The van der Waals surface area contributed by atoms with E-state index >= 15 is 0 Å². The average Bonchev–Trinajstić information content (AvgIpc) is 2.89. The number of hydrogen-bond acceptors (Lipinski definition) is 4. The third kappa shape index (κ3) is 7.61. The maximum absolute atomic E-state index is 14.1. The molecule has 9 heteroatoms. The van der Waals surface area contributed by atoms with Crippen molar-refractivity contribution in [1.82, 2.24) is 10.2 Å². The summed E-state index contributed by atoms with van der Waals surface area (Å²) in [6, 6.07) is 19.6. The van der Waals surface area contributed by atoms with Crippen molar-refractivity contribution >= 4 is 39.1 Å². The molecule has 0 fully saturated rings. The molecule has 3 aromatic rings. The van der Waals surface area contributed by atoms with E-state index in [4.69, 9.17) is 11.6 Å². The molecule has 39 heavy (non-hydrogen) atoms. The molecule has 0 saturated heterocycles. The van der Waals surface area contributed by atoms with Gasteiger partial charge in [-0.1, -0.05) is 61.0 Å². The summed E-state index contributed by atoms with van der Waals surface area (Å²) < 4.78 is 29.0. The second-order valence-corrected chi connectivity index (χ2v) is 12.1. The van der Waals surface area contributed by atoms with Crippen LogP contribution < -0.4 is 9.62 Å². The Balaban J connectivity index is 2.09. The zero-order valence-corrected chi connectivity index (χ0v) is 24.6. The zero-order chi connectivity index (χ0) is 28.7. The summed E-state index contributed by atoms with van der Waals surface area (Å²) in [6.45, 7) is 8.86. The largest absolute Gasteiger partial charge is 0.352 e. The lowest BCUT2D eigenvalue weighted by Crippen LogP contribution is -2.53. The minimum atomic E-state index is -4.10. The number of nitrogens with one attached hydrogen (secondary N) is 1. The lowest BCUT2D eigenvalue weighted by atomic mass is 10.1. The summed E-state index contributed by atoms with van der Waals surface area (Å²) in [6.07, 6.45) is 0.354. The van der Waals surface area contributed by atoms with Crippen LogP contribution in [0.4, 0.5) is 5.69 Å². The Morgan fingerprint density at radius 3 is 2.18 bits per heavy atom. The van der Waals surface area contributed by atoms with Crippen LogP contribution in [-0.2, 0) is 26.2 Å². The third-order valence-electron chi connectivity index (χ3n) is 6.33. The second-order valence-electron chi connectivity index (χ2n) is 9.85. The number of amides is 2. The van der Waals surface area contributed by atoms with Gasteiger partial charge in [-0.15, -0.1) is 0 Å². The fourth-order valence-corrected chi connectivity index (χ4v) is 5.93. The molecule has 0 aliphatic carbocycles. The van der Waals surface area contributed by atoms with E-state index in [0.717, 1.165) is 15.4 Å². The van der Waals surface area contributed by atoms with Crippen molar-refractivity contribution < 1.29 is 18.0 Å². The standard InChI is InChI=1S/C30H36ClN3O4S/c1-6-27(30(36)32-21(2)3)33(19-24-14-16-25(31)17-15-24)29(35)20-34(28-18-22(4)12-13-23(28)5)39(37,38)26-10-8-7-9-11-26/h7-18,21,27H,6,19-20H2,1-5H3,(H,32,36). The molecule has 0 spiro atoms. The predicted molar refractivity (Wildman–Crippen MR) is 156 cm³/mol. The lowest BCUT2D eigenvalue weighted by Gasteiger charge is -2.34. The zero-order valence-electron chi connectivity index (χ0n) is 23.0. The first-order valence-electron chi connectivity index (χ1n) is 12.9. The second kappa shape index (κ2) is 13.1. The topological polar surface area (TPSA) is 86.8 Å². The molecule has 1 unspecified atom stereocenters. The fraction of sp³-hybridized carbons (Fsp3) is 0.333. The molecule has 0 aliphatic heterocycles. The van der Waals surface area contributed by atoms with E-state index in [1.54, 1.807) is 48.5 Å². The summed E-state index contributed by atoms with van der Waals surface area (Å²) in [7, 11) is -4.10. The van der Waals surface area contributed by atoms with Crippen LogP contribution in [0.5, 0.6) is 0 Å². The van der Waals surface area contributed by atoms with Crippen molar-refractivity contribution in [3.8, 4) is 0 Å². The highest BCUT2D eigenvalue weighted by molar-refractivity contribution is 7.92. The van der Waals surface area contributed by atoms with Crippen LogP contribution in [0.15, 0.2) is 77.7 Å². The van der Waals surface area contributed by atoms with Crippen molar-refractivity contribution in [2.24, 2.45) is 0 Å². The van der Waals surface area contributed by atoms with E-state index in [9.17, 15) is 18.0 Å². The van der Waals surface area contributed by atoms with E-state index in [2.05, 4.69) is 5.32 Å². The predicted octanol–water partition coefficient (Wildman–Crippen LogP) is 5.48. The van der Waals surface area contributed by atoms with E-state index in [1.165, 1.54) is 17.0 Å². The number of anilines is 1. The summed E-state index contributed by atoms with van der Waals surface area (Å²) in [4.78, 5) is 28.8. The number of sulfonamides is 1. The van der Waals surface area contributed by atoms with Gasteiger partial charge in [0, 0.05) is 17.6 Å². The highest BCUT2D eigenvalue weighted by Gasteiger charge is 2.34. The van der Waals surface area contributed by atoms with Crippen molar-refractivity contribution in [2.75, 3.05) is 10.8 Å². The molecule has 1 N–H and O–H groups in total. The molecular weight excluding hydrogens is 534 g/mol. The average molecular weight is 570 g/mol. The van der Waals surface area contributed by atoms with E-state index in [1.807, 2.05) is 46.8 Å². The van der Waals surface area contributed by atoms with Crippen LogP contribution in [0, 0.1) is 13.8 Å². The molecule has 3 aromatic carbocycles. The molecule has 0 radical (unpaired) electrons. The minimum Gasteiger partial charge on any atom is -0.352 e.